The quantitative estimate of drug-likeness (QED) is 0.893. The van der Waals surface area contributed by atoms with E-state index in [0.717, 1.165) is 25.9 Å². The summed E-state index contributed by atoms with van der Waals surface area (Å²) < 4.78 is 1.75. The monoisotopic (exact) mass is 316 g/mol. The lowest BCUT2D eigenvalue weighted by Crippen LogP contribution is -2.44. The van der Waals surface area contributed by atoms with Crippen molar-refractivity contribution in [2.45, 2.75) is 31.4 Å². The molecule has 1 fully saturated rings. The van der Waals surface area contributed by atoms with Gasteiger partial charge < -0.3 is 19.5 Å². The van der Waals surface area contributed by atoms with Gasteiger partial charge in [-0.25, -0.2) is 4.98 Å². The Hall–Kier alpha value is -1.11. The van der Waals surface area contributed by atoms with E-state index in [0.29, 0.717) is 11.9 Å². The molecule has 1 aromatic rings. The molecule has 0 aromatic carbocycles. The molecule has 21 heavy (non-hydrogen) atoms. The number of rotatable bonds is 4. The second kappa shape index (κ2) is 7.77. The van der Waals surface area contributed by atoms with Crippen LogP contribution < -0.4 is 0 Å². The number of piperidine rings is 1. The third-order valence-electron chi connectivity index (χ3n) is 4.07. The SMILES string of the molecule is CN(C)C1CCN(C(=O)CC(O)c2nccn2C)CC1.Cl. The Morgan fingerprint density at radius 1 is 1.48 bits per heavy atom. The predicted molar refractivity (Wildman–Crippen MR) is 83.3 cm³/mol. The number of imidazole rings is 1. The molecule has 0 aliphatic carbocycles. The zero-order chi connectivity index (χ0) is 14.7. The first kappa shape index (κ1) is 17.9. The molecule has 2 heterocycles. The van der Waals surface area contributed by atoms with Crippen LogP contribution in [0.1, 0.15) is 31.2 Å². The fourth-order valence-electron chi connectivity index (χ4n) is 2.72. The first-order chi connectivity index (χ1) is 9.49. The first-order valence-electron chi connectivity index (χ1n) is 7.08. The summed E-state index contributed by atoms with van der Waals surface area (Å²) in [5, 5.41) is 10.1. The molecule has 0 saturated carbocycles. The summed E-state index contributed by atoms with van der Waals surface area (Å²) in [5.74, 6) is 0.555. The van der Waals surface area contributed by atoms with E-state index in [4.69, 9.17) is 0 Å². The molecule has 1 aliphatic rings. The van der Waals surface area contributed by atoms with E-state index in [1.165, 1.54) is 0 Å². The number of aliphatic hydroxyl groups is 1. The van der Waals surface area contributed by atoms with Crippen molar-refractivity contribution in [1.82, 2.24) is 19.4 Å². The number of aromatic nitrogens is 2. The second-order valence-electron chi connectivity index (χ2n) is 5.69. The van der Waals surface area contributed by atoms with Crippen LogP contribution in [-0.2, 0) is 11.8 Å². The van der Waals surface area contributed by atoms with Crippen LogP contribution in [0, 0.1) is 0 Å². The fourth-order valence-corrected chi connectivity index (χ4v) is 2.72. The smallest absolute Gasteiger partial charge is 0.225 e. The van der Waals surface area contributed by atoms with Crippen molar-refractivity contribution >= 4 is 18.3 Å². The molecule has 120 valence electrons. The van der Waals surface area contributed by atoms with Crippen LogP contribution in [0.5, 0.6) is 0 Å². The van der Waals surface area contributed by atoms with Gasteiger partial charge >= 0.3 is 0 Å². The minimum absolute atomic E-state index is 0. The zero-order valence-electron chi connectivity index (χ0n) is 12.9. The van der Waals surface area contributed by atoms with Crippen LogP contribution in [0.15, 0.2) is 12.4 Å². The van der Waals surface area contributed by atoms with Crippen LogP contribution in [0.2, 0.25) is 0 Å². The highest BCUT2D eigenvalue weighted by Gasteiger charge is 2.26. The zero-order valence-corrected chi connectivity index (χ0v) is 13.7. The van der Waals surface area contributed by atoms with E-state index in [1.807, 2.05) is 11.9 Å². The summed E-state index contributed by atoms with van der Waals surface area (Å²) in [6.45, 7) is 1.55. The number of carbonyl (C=O) groups excluding carboxylic acids is 1. The summed E-state index contributed by atoms with van der Waals surface area (Å²) in [6.07, 6.45) is 4.68. The first-order valence-corrected chi connectivity index (χ1v) is 7.08. The summed E-state index contributed by atoms with van der Waals surface area (Å²) >= 11 is 0. The predicted octanol–water partition coefficient (Wildman–Crippen LogP) is 0.818. The van der Waals surface area contributed by atoms with Crippen molar-refractivity contribution in [2.24, 2.45) is 7.05 Å². The standard InChI is InChI=1S/C14H24N4O2.ClH/c1-16(2)11-4-7-18(8-5-11)13(20)10-12(19)14-15-6-9-17(14)3;/h6,9,11-12,19H,4-5,7-8,10H2,1-3H3;1H. The van der Waals surface area contributed by atoms with E-state index < -0.39 is 6.10 Å². The highest BCUT2D eigenvalue weighted by Crippen LogP contribution is 2.19. The largest absolute Gasteiger partial charge is 0.385 e. The lowest BCUT2D eigenvalue weighted by Gasteiger charge is -2.35. The van der Waals surface area contributed by atoms with Crippen LogP contribution in [-0.4, -0.2) is 63.6 Å². The third-order valence-corrected chi connectivity index (χ3v) is 4.07. The molecule has 1 unspecified atom stereocenters. The molecule has 1 aliphatic heterocycles. The van der Waals surface area contributed by atoms with Crippen molar-refractivity contribution in [2.75, 3.05) is 27.2 Å². The van der Waals surface area contributed by atoms with E-state index in [-0.39, 0.29) is 24.7 Å². The normalized spacial score (nSPS) is 17.7. The summed E-state index contributed by atoms with van der Waals surface area (Å²) in [5.41, 5.74) is 0. The number of amides is 1. The van der Waals surface area contributed by atoms with Crippen LogP contribution in [0.3, 0.4) is 0 Å². The highest BCUT2D eigenvalue weighted by molar-refractivity contribution is 5.85. The van der Waals surface area contributed by atoms with Gasteiger partial charge in [-0.05, 0) is 26.9 Å². The fraction of sp³-hybridized carbons (Fsp3) is 0.714. The number of nitrogens with zero attached hydrogens (tertiary/aromatic N) is 4. The molecule has 1 atom stereocenters. The van der Waals surface area contributed by atoms with Gasteiger partial charge in [-0.1, -0.05) is 0 Å². The summed E-state index contributed by atoms with van der Waals surface area (Å²) in [7, 11) is 5.97. The molecule has 1 saturated heterocycles. The Balaban J connectivity index is 0.00000220. The van der Waals surface area contributed by atoms with Gasteiger partial charge in [0.05, 0.1) is 6.42 Å². The van der Waals surface area contributed by atoms with Crippen molar-refractivity contribution in [3.8, 4) is 0 Å². The van der Waals surface area contributed by atoms with Gasteiger partial charge in [0.15, 0.2) is 0 Å². The van der Waals surface area contributed by atoms with Crippen molar-refractivity contribution in [3.05, 3.63) is 18.2 Å². The number of likely N-dealkylation sites (tertiary alicyclic amines) is 1. The number of aliphatic hydroxyl groups excluding tert-OH is 1. The van der Waals surface area contributed by atoms with E-state index in [9.17, 15) is 9.90 Å². The second-order valence-corrected chi connectivity index (χ2v) is 5.69. The van der Waals surface area contributed by atoms with Gasteiger partial charge in [0.1, 0.15) is 11.9 Å². The number of hydrogen-bond donors (Lipinski definition) is 1. The molecule has 2 rings (SSSR count). The summed E-state index contributed by atoms with van der Waals surface area (Å²) in [6, 6.07) is 0.554. The maximum Gasteiger partial charge on any atom is 0.225 e. The molecule has 7 heteroatoms. The van der Waals surface area contributed by atoms with Crippen LogP contribution in [0.25, 0.3) is 0 Å². The number of hydrogen-bond acceptors (Lipinski definition) is 4. The molecule has 0 spiro atoms. The minimum Gasteiger partial charge on any atom is -0.385 e. The lowest BCUT2D eigenvalue weighted by molar-refractivity contribution is -0.135. The maximum atomic E-state index is 12.2. The summed E-state index contributed by atoms with van der Waals surface area (Å²) in [4.78, 5) is 20.4. The molecule has 6 nitrogen and oxygen atoms in total. The molecule has 0 bridgehead atoms. The van der Waals surface area contributed by atoms with E-state index >= 15 is 0 Å². The van der Waals surface area contributed by atoms with Gasteiger partial charge in [0, 0.05) is 38.6 Å². The van der Waals surface area contributed by atoms with E-state index in [2.05, 4.69) is 24.0 Å². The maximum absolute atomic E-state index is 12.2. The number of carbonyl (C=O) groups is 1. The Kier molecular flexibility index (Phi) is 6.64. The molecule has 1 amide bonds. The van der Waals surface area contributed by atoms with Crippen LogP contribution >= 0.6 is 12.4 Å². The number of aryl methyl sites for hydroxylation is 1. The van der Waals surface area contributed by atoms with Gasteiger partial charge in [-0.15, -0.1) is 12.4 Å². The lowest BCUT2D eigenvalue weighted by atomic mass is 10.0. The third kappa shape index (κ3) is 4.43. The van der Waals surface area contributed by atoms with E-state index in [1.54, 1.807) is 17.0 Å². The van der Waals surface area contributed by atoms with Gasteiger partial charge in [0.25, 0.3) is 0 Å². The molecule has 0 radical (unpaired) electrons. The van der Waals surface area contributed by atoms with Gasteiger partial charge in [0.2, 0.25) is 5.91 Å². The minimum atomic E-state index is -0.825. The Labute approximate surface area is 132 Å². The number of halogens is 1. The Morgan fingerprint density at radius 3 is 2.57 bits per heavy atom. The van der Waals surface area contributed by atoms with Crippen molar-refractivity contribution in [3.63, 3.8) is 0 Å². The Morgan fingerprint density at radius 2 is 2.10 bits per heavy atom. The molecule has 1 N–H and O–H groups in total. The molecular weight excluding hydrogens is 292 g/mol. The van der Waals surface area contributed by atoms with Gasteiger partial charge in [-0.3, -0.25) is 4.79 Å². The molecule has 1 aromatic heterocycles. The molecular formula is C14H25ClN4O2. The van der Waals surface area contributed by atoms with Gasteiger partial charge in [-0.2, -0.15) is 0 Å². The Bertz CT molecular complexity index is 456. The van der Waals surface area contributed by atoms with Crippen molar-refractivity contribution in [1.29, 1.82) is 0 Å². The van der Waals surface area contributed by atoms with Crippen molar-refractivity contribution < 1.29 is 9.90 Å². The van der Waals surface area contributed by atoms with Crippen LogP contribution in [0.4, 0.5) is 0 Å². The average Bonchev–Trinajstić information content (AvgIpc) is 2.85. The highest BCUT2D eigenvalue weighted by atomic mass is 35.5. The topological polar surface area (TPSA) is 61.6 Å². The average molecular weight is 317 g/mol.